The van der Waals surface area contributed by atoms with Crippen LogP contribution in [0.1, 0.15) is 24.8 Å². The Morgan fingerprint density at radius 2 is 2.10 bits per heavy atom. The molecular formula is C23H26N6O7S3. The summed E-state index contributed by atoms with van der Waals surface area (Å²) in [5, 5.41) is 34.4. The van der Waals surface area contributed by atoms with E-state index >= 15 is 0 Å². The summed E-state index contributed by atoms with van der Waals surface area (Å²) in [6.07, 6.45) is 1.24. The highest BCUT2D eigenvalue weighted by Gasteiger charge is 2.67. The number of urea groups is 1. The standard InChI is InChI=1S/C23H26N6O7S3/c1-12(2)24-22(34)25-16(14-6-5-9-37-14)18(30)26-23(36-3)20(33)29-17(19(31)32)13(11-39-21(23)29)10-38-15-7-4-8-28(35)27-15/h4-9,12,16,21H,10-11H2,1-3H3,(H,26,30)(H,31,32)(H2,24,25,34)/t16?,21?,23-/m0/s1. The minimum absolute atomic E-state index is 0.171. The molecule has 2 aromatic rings. The molecule has 39 heavy (non-hydrogen) atoms. The summed E-state index contributed by atoms with van der Waals surface area (Å²) in [5.74, 6) is -2.32. The number of carbonyl (C=O) groups excluding carboxylic acids is 3. The van der Waals surface area contributed by atoms with Gasteiger partial charge in [-0.1, -0.05) is 22.7 Å². The van der Waals surface area contributed by atoms with Crippen LogP contribution in [0, 0.1) is 5.21 Å². The molecule has 4 N–H and O–H groups in total. The van der Waals surface area contributed by atoms with Gasteiger partial charge in [0.05, 0.1) is 0 Å². The summed E-state index contributed by atoms with van der Waals surface area (Å²) in [6, 6.07) is 4.71. The molecule has 3 atom stereocenters. The molecule has 0 aliphatic carbocycles. The number of fused-ring (bicyclic) bond motifs is 1. The van der Waals surface area contributed by atoms with E-state index in [1.165, 1.54) is 54.2 Å². The van der Waals surface area contributed by atoms with Crippen LogP contribution in [-0.2, 0) is 19.1 Å². The number of amides is 4. The maximum Gasteiger partial charge on any atom is 0.352 e. The molecule has 2 aliphatic rings. The van der Waals surface area contributed by atoms with Crippen LogP contribution < -0.4 is 20.8 Å². The topological polar surface area (TPSA) is 177 Å². The third kappa shape index (κ3) is 5.83. The minimum atomic E-state index is -1.83. The van der Waals surface area contributed by atoms with E-state index in [4.69, 9.17) is 4.74 Å². The molecule has 0 radical (unpaired) electrons. The first kappa shape index (κ1) is 28.7. The minimum Gasteiger partial charge on any atom is -0.594 e. The van der Waals surface area contributed by atoms with Crippen LogP contribution in [0.15, 0.2) is 52.1 Å². The Bertz CT molecular complexity index is 1300. The predicted molar refractivity (Wildman–Crippen MR) is 143 cm³/mol. The SMILES string of the molecule is CO[C@@]1(NC(=O)C(NC(=O)NC(C)C)c2cccs2)C(=O)N2C(C(=O)O)=C(CSc3ccc[n+]([O-])n3)CSC21. The summed E-state index contributed by atoms with van der Waals surface area (Å²) in [4.78, 5) is 53.6. The Morgan fingerprint density at radius 1 is 1.33 bits per heavy atom. The summed E-state index contributed by atoms with van der Waals surface area (Å²) >= 11 is 3.66. The van der Waals surface area contributed by atoms with Crippen LogP contribution in [0.2, 0.25) is 0 Å². The molecule has 208 valence electrons. The average Bonchev–Trinajstić information content (AvgIpc) is 3.42. The van der Waals surface area contributed by atoms with Crippen LogP contribution in [0.3, 0.4) is 0 Å². The molecule has 13 nitrogen and oxygen atoms in total. The monoisotopic (exact) mass is 594 g/mol. The van der Waals surface area contributed by atoms with Crippen molar-refractivity contribution in [1.29, 1.82) is 0 Å². The van der Waals surface area contributed by atoms with Gasteiger partial charge in [0.15, 0.2) is 5.03 Å². The maximum absolute atomic E-state index is 13.5. The van der Waals surface area contributed by atoms with Crippen molar-refractivity contribution in [2.45, 2.75) is 42.1 Å². The zero-order chi connectivity index (χ0) is 28.3. The maximum atomic E-state index is 13.5. The summed E-state index contributed by atoms with van der Waals surface area (Å²) in [7, 11) is 1.25. The Balaban J connectivity index is 1.55. The van der Waals surface area contributed by atoms with Crippen LogP contribution in [0.25, 0.3) is 0 Å². The van der Waals surface area contributed by atoms with E-state index in [0.29, 0.717) is 20.3 Å². The molecule has 0 bridgehead atoms. The second-order valence-electron chi connectivity index (χ2n) is 8.78. The normalized spacial score (nSPS) is 21.2. The summed E-state index contributed by atoms with van der Waals surface area (Å²) in [5.41, 5.74) is -1.57. The van der Waals surface area contributed by atoms with Crippen molar-refractivity contribution in [3.63, 3.8) is 0 Å². The molecule has 4 heterocycles. The van der Waals surface area contributed by atoms with Crippen molar-refractivity contribution in [2.75, 3.05) is 18.6 Å². The van der Waals surface area contributed by atoms with Crippen LogP contribution >= 0.6 is 34.9 Å². The lowest BCUT2D eigenvalue weighted by molar-refractivity contribution is -0.672. The molecule has 1 saturated heterocycles. The van der Waals surface area contributed by atoms with E-state index in [1.807, 2.05) is 0 Å². The van der Waals surface area contributed by atoms with Gasteiger partial charge in [-0.2, -0.15) is 0 Å². The molecule has 16 heteroatoms. The molecule has 2 aromatic heterocycles. The first-order valence-electron chi connectivity index (χ1n) is 11.6. The second-order valence-corrected chi connectivity index (χ2v) is 11.8. The fourth-order valence-electron chi connectivity index (χ4n) is 4.07. The Labute approximate surface area is 235 Å². The number of β-lactam (4-membered cyclic amide) rings is 1. The number of carbonyl (C=O) groups is 4. The Kier molecular flexibility index (Phi) is 8.68. The number of aliphatic carboxylic acids is 1. The Hall–Kier alpha value is -3.34. The number of carboxylic acids is 1. The molecule has 1 fully saturated rings. The number of aromatic nitrogens is 2. The van der Waals surface area contributed by atoms with Gasteiger partial charge in [-0.15, -0.1) is 23.1 Å². The van der Waals surface area contributed by atoms with Crippen molar-refractivity contribution < 1.29 is 33.9 Å². The molecule has 2 unspecified atom stereocenters. The van der Waals surface area contributed by atoms with E-state index in [1.54, 1.807) is 37.4 Å². The van der Waals surface area contributed by atoms with Crippen molar-refractivity contribution >= 4 is 58.7 Å². The number of methoxy groups -OCH3 is 1. The van der Waals surface area contributed by atoms with Gasteiger partial charge < -0.3 is 31.0 Å². The van der Waals surface area contributed by atoms with Crippen LogP contribution in [-0.4, -0.2) is 74.7 Å². The third-order valence-corrected chi connectivity index (χ3v) is 9.09. The lowest BCUT2D eigenvalue weighted by Gasteiger charge is -2.56. The highest BCUT2D eigenvalue weighted by Crippen LogP contribution is 2.47. The highest BCUT2D eigenvalue weighted by atomic mass is 32.2. The van der Waals surface area contributed by atoms with Gasteiger partial charge >= 0.3 is 12.0 Å². The van der Waals surface area contributed by atoms with Crippen LogP contribution in [0.5, 0.6) is 0 Å². The number of rotatable bonds is 10. The zero-order valence-electron chi connectivity index (χ0n) is 21.1. The van der Waals surface area contributed by atoms with Gasteiger partial charge in [0.25, 0.3) is 17.5 Å². The van der Waals surface area contributed by atoms with E-state index in [2.05, 4.69) is 21.0 Å². The number of nitrogens with zero attached hydrogens (tertiary/aromatic N) is 3. The van der Waals surface area contributed by atoms with Crippen molar-refractivity contribution in [3.8, 4) is 0 Å². The van der Waals surface area contributed by atoms with Gasteiger partial charge in [-0.25, -0.2) is 9.59 Å². The molecule has 0 spiro atoms. The van der Waals surface area contributed by atoms with Crippen molar-refractivity contribution in [3.05, 3.63) is 57.2 Å². The smallest absolute Gasteiger partial charge is 0.352 e. The number of thiophene rings is 1. The molecule has 4 amide bonds. The second kappa shape index (κ2) is 11.8. The molecular weight excluding hydrogens is 568 g/mol. The number of thioether (sulfide) groups is 2. The quantitative estimate of drug-likeness (QED) is 0.102. The van der Waals surface area contributed by atoms with Gasteiger partial charge in [-0.3, -0.25) is 14.5 Å². The average molecular weight is 595 g/mol. The van der Waals surface area contributed by atoms with Crippen molar-refractivity contribution in [2.24, 2.45) is 0 Å². The number of carboxylic acid groups (broad SMARTS) is 1. The van der Waals surface area contributed by atoms with Gasteiger partial charge in [-0.05, 0) is 36.9 Å². The lowest BCUT2D eigenvalue weighted by atomic mass is 9.97. The van der Waals surface area contributed by atoms with E-state index in [0.717, 1.165) is 4.90 Å². The fourth-order valence-corrected chi connectivity index (χ4v) is 7.28. The molecule has 0 aromatic carbocycles. The van der Waals surface area contributed by atoms with E-state index in [-0.39, 0.29) is 23.2 Å². The number of ether oxygens (including phenoxy) is 1. The number of hydrogen-bond acceptors (Lipinski definition) is 10. The number of nitrogens with one attached hydrogen (secondary N) is 3. The van der Waals surface area contributed by atoms with Gasteiger partial charge in [0, 0.05) is 40.7 Å². The van der Waals surface area contributed by atoms with E-state index in [9.17, 15) is 29.5 Å². The largest absolute Gasteiger partial charge is 0.594 e. The van der Waals surface area contributed by atoms with E-state index < -0.39 is 41.0 Å². The first-order valence-corrected chi connectivity index (χ1v) is 14.6. The molecule has 4 rings (SSSR count). The molecule has 2 aliphatic heterocycles. The summed E-state index contributed by atoms with van der Waals surface area (Å²) in [6.45, 7) is 3.55. The Morgan fingerprint density at radius 3 is 2.72 bits per heavy atom. The van der Waals surface area contributed by atoms with Crippen LogP contribution in [0.4, 0.5) is 4.79 Å². The third-order valence-electron chi connectivity index (χ3n) is 5.77. The van der Waals surface area contributed by atoms with Gasteiger partial charge in [0.2, 0.25) is 6.20 Å². The summed E-state index contributed by atoms with van der Waals surface area (Å²) < 4.78 is 5.53. The first-order chi connectivity index (χ1) is 18.6. The van der Waals surface area contributed by atoms with Gasteiger partial charge in [0.1, 0.15) is 17.1 Å². The van der Waals surface area contributed by atoms with Crippen molar-refractivity contribution in [1.82, 2.24) is 25.9 Å². The highest BCUT2D eigenvalue weighted by molar-refractivity contribution is 8.01. The zero-order valence-corrected chi connectivity index (χ0v) is 23.5. The number of hydrogen-bond donors (Lipinski definition) is 4. The fraction of sp³-hybridized carbons (Fsp3) is 0.391. The molecule has 0 saturated carbocycles. The lowest BCUT2D eigenvalue weighted by Crippen LogP contribution is -2.81. The predicted octanol–water partition coefficient (Wildman–Crippen LogP) is 1.03.